The van der Waals surface area contributed by atoms with Gasteiger partial charge in [0.1, 0.15) is 10.7 Å². The third-order valence-corrected chi connectivity index (χ3v) is 4.16. The van der Waals surface area contributed by atoms with E-state index in [2.05, 4.69) is 15.5 Å². The van der Waals surface area contributed by atoms with E-state index in [4.69, 9.17) is 10.5 Å². The van der Waals surface area contributed by atoms with Gasteiger partial charge < -0.3 is 15.8 Å². The number of ether oxygens (including phenoxy) is 1. The minimum atomic E-state index is -0.538. The maximum atomic E-state index is 12.0. The summed E-state index contributed by atoms with van der Waals surface area (Å²) in [5.74, 6) is -0.895. The molecule has 20 heavy (non-hydrogen) atoms. The van der Waals surface area contributed by atoms with Crippen molar-refractivity contribution < 1.29 is 14.3 Å². The number of nitrogens with one attached hydrogen (secondary N) is 2. The second-order valence-electron chi connectivity index (χ2n) is 4.30. The number of hydrogen-bond donors (Lipinski definition) is 3. The zero-order valence-corrected chi connectivity index (χ0v) is 11.3. The number of rotatable bonds is 3. The zero-order valence-electron chi connectivity index (χ0n) is 10.4. The quantitative estimate of drug-likeness (QED) is 0.780. The fourth-order valence-electron chi connectivity index (χ4n) is 2.13. The lowest BCUT2D eigenvalue weighted by Gasteiger charge is -2.12. The van der Waals surface area contributed by atoms with Gasteiger partial charge in [-0.25, -0.2) is 0 Å². The number of H-pyrrole nitrogens is 1. The molecule has 0 saturated carbocycles. The van der Waals surface area contributed by atoms with Crippen LogP contribution in [0.25, 0.3) is 0 Å². The van der Waals surface area contributed by atoms with Crippen molar-refractivity contribution in [1.82, 2.24) is 10.2 Å². The molecule has 0 aromatic carbocycles. The average molecular weight is 292 g/mol. The van der Waals surface area contributed by atoms with E-state index >= 15 is 0 Å². The van der Waals surface area contributed by atoms with Crippen LogP contribution in [0.4, 0.5) is 5.00 Å². The maximum absolute atomic E-state index is 12.0. The number of thiophene rings is 1. The van der Waals surface area contributed by atoms with Gasteiger partial charge in [-0.1, -0.05) is 0 Å². The molecule has 0 saturated heterocycles. The molecule has 0 unspecified atom stereocenters. The highest BCUT2D eigenvalue weighted by Crippen LogP contribution is 2.36. The highest BCUT2D eigenvalue weighted by Gasteiger charge is 2.25. The normalized spacial score (nSPS) is 13.8. The number of carbonyl (C=O) groups is 2. The van der Waals surface area contributed by atoms with Crippen molar-refractivity contribution in [3.63, 3.8) is 0 Å². The van der Waals surface area contributed by atoms with Gasteiger partial charge >= 0.3 is 0 Å². The second kappa shape index (κ2) is 5.06. The van der Waals surface area contributed by atoms with Gasteiger partial charge in [-0.05, 0) is 18.1 Å². The number of aromatic nitrogens is 2. The molecule has 3 heterocycles. The van der Waals surface area contributed by atoms with Crippen molar-refractivity contribution in [2.75, 3.05) is 11.9 Å². The van der Waals surface area contributed by atoms with Gasteiger partial charge in [-0.3, -0.25) is 14.7 Å². The molecule has 0 bridgehead atoms. The van der Waals surface area contributed by atoms with Crippen molar-refractivity contribution in [3.8, 4) is 0 Å². The summed E-state index contributed by atoms with van der Waals surface area (Å²) >= 11 is 1.32. The van der Waals surface area contributed by atoms with Gasteiger partial charge in [0, 0.05) is 11.1 Å². The van der Waals surface area contributed by atoms with Gasteiger partial charge in [0.2, 0.25) is 0 Å². The number of hydrogen-bond acceptors (Lipinski definition) is 5. The van der Waals surface area contributed by atoms with Gasteiger partial charge in [0.05, 0.1) is 18.8 Å². The van der Waals surface area contributed by atoms with Crippen LogP contribution in [0.3, 0.4) is 0 Å². The van der Waals surface area contributed by atoms with Crippen LogP contribution >= 0.6 is 11.3 Å². The summed E-state index contributed by atoms with van der Waals surface area (Å²) < 4.78 is 5.35. The van der Waals surface area contributed by atoms with Gasteiger partial charge in [0.15, 0.2) is 0 Å². The molecule has 0 fully saturated rings. The molecule has 4 N–H and O–H groups in total. The van der Waals surface area contributed by atoms with Crippen molar-refractivity contribution in [2.45, 2.75) is 13.0 Å². The number of fused-ring (bicyclic) bond motifs is 1. The topological polar surface area (TPSA) is 110 Å². The minimum Gasteiger partial charge on any atom is -0.376 e. The maximum Gasteiger partial charge on any atom is 0.274 e. The standard InChI is InChI=1S/C12H12N4O3S/c13-10(17)9-6-2-4-19-5-8(6)20-12(9)15-11(18)7-1-3-14-16-7/h1,3H,2,4-5H2,(H2,13,17)(H,14,16)(H,15,18). The third-order valence-electron chi connectivity index (χ3n) is 3.04. The summed E-state index contributed by atoms with van der Waals surface area (Å²) in [6, 6.07) is 1.55. The Morgan fingerprint density at radius 3 is 3.05 bits per heavy atom. The van der Waals surface area contributed by atoms with Gasteiger partial charge in [-0.15, -0.1) is 11.3 Å². The summed E-state index contributed by atoms with van der Waals surface area (Å²) in [5.41, 5.74) is 7.03. The Morgan fingerprint density at radius 2 is 2.35 bits per heavy atom. The van der Waals surface area contributed by atoms with Crippen LogP contribution in [0.5, 0.6) is 0 Å². The Bertz CT molecular complexity index is 663. The van der Waals surface area contributed by atoms with Crippen LogP contribution in [-0.4, -0.2) is 28.6 Å². The summed E-state index contributed by atoms with van der Waals surface area (Å²) in [6.45, 7) is 0.998. The number of nitrogens with two attached hydrogens (primary N) is 1. The number of carbonyl (C=O) groups excluding carboxylic acids is 2. The highest BCUT2D eigenvalue weighted by molar-refractivity contribution is 7.17. The van der Waals surface area contributed by atoms with E-state index in [0.29, 0.717) is 35.9 Å². The number of nitrogens with zero attached hydrogens (tertiary/aromatic N) is 1. The Kier molecular flexibility index (Phi) is 3.25. The van der Waals surface area contributed by atoms with Crippen LogP contribution in [-0.2, 0) is 17.8 Å². The SMILES string of the molecule is NC(=O)c1c(NC(=O)c2ccn[nH]2)sc2c1CCOC2. The Hall–Kier alpha value is -2.19. The Morgan fingerprint density at radius 1 is 1.50 bits per heavy atom. The Balaban J connectivity index is 1.95. The predicted molar refractivity (Wildman–Crippen MR) is 72.7 cm³/mol. The van der Waals surface area contributed by atoms with Crippen LogP contribution in [0.1, 0.15) is 31.3 Å². The minimum absolute atomic E-state index is 0.322. The van der Waals surface area contributed by atoms with E-state index in [1.165, 1.54) is 17.5 Å². The molecule has 1 aliphatic heterocycles. The first-order chi connectivity index (χ1) is 9.66. The molecule has 7 nitrogen and oxygen atoms in total. The van der Waals surface area contributed by atoms with Gasteiger partial charge in [0.25, 0.3) is 11.8 Å². The Labute approximate surface area is 118 Å². The van der Waals surface area contributed by atoms with Gasteiger partial charge in [-0.2, -0.15) is 5.10 Å². The van der Waals surface area contributed by atoms with E-state index in [1.54, 1.807) is 6.07 Å². The molecule has 2 amide bonds. The summed E-state index contributed by atoms with van der Waals surface area (Å²) in [4.78, 5) is 24.6. The smallest absolute Gasteiger partial charge is 0.274 e. The third kappa shape index (κ3) is 2.19. The molecule has 1 aliphatic rings. The first kappa shape index (κ1) is 12.8. The van der Waals surface area contributed by atoms with E-state index in [1.807, 2.05) is 0 Å². The van der Waals surface area contributed by atoms with E-state index < -0.39 is 5.91 Å². The monoisotopic (exact) mass is 292 g/mol. The van der Waals surface area contributed by atoms with Crippen molar-refractivity contribution in [3.05, 3.63) is 34.0 Å². The van der Waals surface area contributed by atoms with E-state index in [9.17, 15) is 9.59 Å². The largest absolute Gasteiger partial charge is 0.376 e. The molecule has 104 valence electrons. The molecular formula is C12H12N4O3S. The summed E-state index contributed by atoms with van der Waals surface area (Å²) in [6.07, 6.45) is 2.11. The number of anilines is 1. The summed E-state index contributed by atoms with van der Waals surface area (Å²) in [7, 11) is 0. The van der Waals surface area contributed by atoms with Crippen molar-refractivity contribution in [2.24, 2.45) is 5.73 Å². The molecule has 0 spiro atoms. The molecule has 2 aromatic rings. The highest BCUT2D eigenvalue weighted by atomic mass is 32.1. The lowest BCUT2D eigenvalue weighted by molar-refractivity contribution is 0.0991. The molecule has 2 aromatic heterocycles. The molecule has 0 aliphatic carbocycles. The van der Waals surface area contributed by atoms with Crippen LogP contribution in [0.2, 0.25) is 0 Å². The first-order valence-corrected chi connectivity index (χ1v) is 6.81. The number of amides is 2. The molecule has 0 atom stereocenters. The second-order valence-corrected chi connectivity index (χ2v) is 5.40. The van der Waals surface area contributed by atoms with Crippen molar-refractivity contribution >= 4 is 28.2 Å². The molecular weight excluding hydrogens is 280 g/mol. The lowest BCUT2D eigenvalue weighted by Crippen LogP contribution is -2.19. The lowest BCUT2D eigenvalue weighted by atomic mass is 10.1. The van der Waals surface area contributed by atoms with Crippen LogP contribution < -0.4 is 11.1 Å². The predicted octanol–water partition coefficient (Wildman–Crippen LogP) is 0.895. The molecule has 8 heteroatoms. The number of aromatic amines is 1. The fourth-order valence-corrected chi connectivity index (χ4v) is 3.32. The van der Waals surface area contributed by atoms with Crippen LogP contribution in [0, 0.1) is 0 Å². The fraction of sp³-hybridized carbons (Fsp3) is 0.250. The van der Waals surface area contributed by atoms with E-state index in [-0.39, 0.29) is 5.91 Å². The van der Waals surface area contributed by atoms with Crippen LogP contribution in [0.15, 0.2) is 12.3 Å². The molecule has 3 rings (SSSR count). The molecule has 0 radical (unpaired) electrons. The van der Waals surface area contributed by atoms with Crippen molar-refractivity contribution in [1.29, 1.82) is 0 Å². The number of primary amides is 1. The summed E-state index contributed by atoms with van der Waals surface area (Å²) in [5, 5.41) is 9.45. The first-order valence-electron chi connectivity index (χ1n) is 5.99. The average Bonchev–Trinajstić information content (AvgIpc) is 3.05. The zero-order chi connectivity index (χ0) is 14.1. The van der Waals surface area contributed by atoms with E-state index in [0.717, 1.165) is 10.4 Å².